The number of ether oxygens (including phenoxy) is 1. The summed E-state index contributed by atoms with van der Waals surface area (Å²) in [5.74, 6) is 0.868. The number of piperazine rings is 1. The Morgan fingerprint density at radius 3 is 2.95 bits per heavy atom. The fourth-order valence-electron chi connectivity index (χ4n) is 2.93. The highest BCUT2D eigenvalue weighted by Gasteiger charge is 2.32. The minimum atomic E-state index is 0.189. The summed E-state index contributed by atoms with van der Waals surface area (Å²) in [7, 11) is 6.11. The Morgan fingerprint density at radius 1 is 1.43 bits per heavy atom. The number of rotatable bonds is 6. The number of nitrogens with zero attached hydrogens (tertiary/aromatic N) is 3. The molecule has 0 bridgehead atoms. The minimum Gasteiger partial charge on any atom is -0.495 e. The third kappa shape index (κ3) is 3.93. The lowest BCUT2D eigenvalue weighted by atomic mass is 9.99. The lowest BCUT2D eigenvalue weighted by Crippen LogP contribution is -2.55. The molecule has 1 aliphatic heterocycles. The third-order valence-electron chi connectivity index (χ3n) is 4.21. The predicted octanol–water partition coefficient (Wildman–Crippen LogP) is 1.38. The molecule has 2 rings (SSSR count). The first-order valence-corrected chi connectivity index (χ1v) is 7.78. The number of hydrogen-bond acceptors (Lipinski definition) is 5. The van der Waals surface area contributed by atoms with Gasteiger partial charge in [0.25, 0.3) is 0 Å². The maximum absolute atomic E-state index is 5.52. The first-order chi connectivity index (χ1) is 10.2. The van der Waals surface area contributed by atoms with Crippen LogP contribution in [0.2, 0.25) is 0 Å². The Balaban J connectivity index is 2.28. The van der Waals surface area contributed by atoms with Crippen LogP contribution in [-0.2, 0) is 0 Å². The normalized spacial score (nSPS) is 22.2. The summed E-state index contributed by atoms with van der Waals surface area (Å²) >= 11 is 0. The van der Waals surface area contributed by atoms with E-state index in [9.17, 15) is 0 Å². The molecule has 0 amide bonds. The summed E-state index contributed by atoms with van der Waals surface area (Å²) in [5.41, 5.74) is 1.01. The van der Waals surface area contributed by atoms with E-state index in [1.165, 1.54) is 0 Å². The van der Waals surface area contributed by atoms with Crippen molar-refractivity contribution >= 4 is 0 Å². The van der Waals surface area contributed by atoms with Gasteiger partial charge in [-0.15, -0.1) is 0 Å². The number of pyridine rings is 1. The van der Waals surface area contributed by atoms with E-state index in [-0.39, 0.29) is 6.04 Å². The number of aromatic nitrogens is 1. The van der Waals surface area contributed by atoms with Gasteiger partial charge in [-0.2, -0.15) is 0 Å². The lowest BCUT2D eigenvalue weighted by Gasteiger charge is -2.42. The van der Waals surface area contributed by atoms with Crippen molar-refractivity contribution in [3.63, 3.8) is 0 Å². The zero-order valence-corrected chi connectivity index (χ0v) is 13.7. The Morgan fingerprint density at radius 2 is 2.24 bits per heavy atom. The molecule has 0 spiro atoms. The Kier molecular flexibility index (Phi) is 5.96. The van der Waals surface area contributed by atoms with Gasteiger partial charge in [-0.1, -0.05) is 6.92 Å². The highest BCUT2D eigenvalue weighted by molar-refractivity contribution is 5.31. The highest BCUT2D eigenvalue weighted by atomic mass is 16.5. The quantitative estimate of drug-likeness (QED) is 0.858. The van der Waals surface area contributed by atoms with Crippen LogP contribution in [0, 0.1) is 0 Å². The molecule has 5 nitrogen and oxygen atoms in total. The van der Waals surface area contributed by atoms with Crippen molar-refractivity contribution in [3.8, 4) is 5.75 Å². The van der Waals surface area contributed by atoms with Gasteiger partial charge in [-0.05, 0) is 39.2 Å². The van der Waals surface area contributed by atoms with Crippen molar-refractivity contribution in [1.29, 1.82) is 0 Å². The molecule has 21 heavy (non-hydrogen) atoms. The van der Waals surface area contributed by atoms with Gasteiger partial charge in [0.1, 0.15) is 11.4 Å². The van der Waals surface area contributed by atoms with Crippen LogP contribution in [0.15, 0.2) is 18.3 Å². The fourth-order valence-corrected chi connectivity index (χ4v) is 2.93. The van der Waals surface area contributed by atoms with E-state index in [2.05, 4.69) is 41.1 Å². The van der Waals surface area contributed by atoms with Crippen molar-refractivity contribution in [2.45, 2.75) is 25.4 Å². The molecule has 0 aromatic carbocycles. The number of methoxy groups -OCH3 is 1. The molecular weight excluding hydrogens is 264 g/mol. The van der Waals surface area contributed by atoms with Gasteiger partial charge < -0.3 is 15.0 Å². The summed E-state index contributed by atoms with van der Waals surface area (Å²) in [6, 6.07) is 4.51. The number of hydrogen-bond donors (Lipinski definition) is 1. The highest BCUT2D eigenvalue weighted by Crippen LogP contribution is 2.28. The van der Waals surface area contributed by atoms with Crippen molar-refractivity contribution in [2.24, 2.45) is 0 Å². The first-order valence-electron chi connectivity index (χ1n) is 7.78. The Hall–Kier alpha value is -1.17. The largest absolute Gasteiger partial charge is 0.495 e. The van der Waals surface area contributed by atoms with Gasteiger partial charge in [0, 0.05) is 31.9 Å². The monoisotopic (exact) mass is 292 g/mol. The second kappa shape index (κ2) is 7.73. The maximum Gasteiger partial charge on any atom is 0.142 e. The van der Waals surface area contributed by atoms with Crippen molar-refractivity contribution < 1.29 is 4.74 Å². The topological polar surface area (TPSA) is 40.6 Å². The van der Waals surface area contributed by atoms with E-state index in [0.717, 1.165) is 44.0 Å². The van der Waals surface area contributed by atoms with Gasteiger partial charge in [-0.3, -0.25) is 9.88 Å². The van der Waals surface area contributed by atoms with Crippen LogP contribution in [0.3, 0.4) is 0 Å². The van der Waals surface area contributed by atoms with Crippen LogP contribution in [-0.4, -0.2) is 68.2 Å². The SMILES string of the molecule is CCCNC(c1ncccc1OC)C1CN(C)CCN1C. The van der Waals surface area contributed by atoms with Crippen molar-refractivity contribution in [3.05, 3.63) is 24.0 Å². The first kappa shape index (κ1) is 16.2. The van der Waals surface area contributed by atoms with Crippen LogP contribution < -0.4 is 10.1 Å². The van der Waals surface area contributed by atoms with E-state index in [1.807, 2.05) is 18.3 Å². The summed E-state index contributed by atoms with van der Waals surface area (Å²) in [5, 5.41) is 3.67. The molecule has 1 aromatic heterocycles. The molecule has 0 saturated carbocycles. The molecular formula is C16H28N4O. The zero-order chi connectivity index (χ0) is 15.2. The summed E-state index contributed by atoms with van der Waals surface area (Å²) in [4.78, 5) is 9.43. The van der Waals surface area contributed by atoms with Crippen molar-refractivity contribution in [1.82, 2.24) is 20.1 Å². The summed E-state index contributed by atoms with van der Waals surface area (Å²) < 4.78 is 5.52. The standard InChI is InChI=1S/C16H28N4O/c1-5-8-17-15(13-12-19(2)10-11-20(13)3)16-14(21-4)7-6-9-18-16/h6-7,9,13,15,17H,5,8,10-12H2,1-4H3. The molecule has 1 aromatic rings. The van der Waals surface area contributed by atoms with Crippen LogP contribution in [0.25, 0.3) is 0 Å². The van der Waals surface area contributed by atoms with Crippen LogP contribution in [0.1, 0.15) is 25.1 Å². The van der Waals surface area contributed by atoms with Crippen LogP contribution in [0.4, 0.5) is 0 Å². The molecule has 2 unspecified atom stereocenters. The van der Waals surface area contributed by atoms with Crippen LogP contribution in [0.5, 0.6) is 5.75 Å². The molecule has 5 heteroatoms. The average Bonchev–Trinajstić information content (AvgIpc) is 2.51. The zero-order valence-electron chi connectivity index (χ0n) is 13.7. The lowest BCUT2D eigenvalue weighted by molar-refractivity contribution is 0.0857. The second-order valence-corrected chi connectivity index (χ2v) is 5.83. The van der Waals surface area contributed by atoms with Gasteiger partial charge in [0.2, 0.25) is 0 Å². The van der Waals surface area contributed by atoms with E-state index >= 15 is 0 Å². The Labute approximate surface area is 128 Å². The Bertz CT molecular complexity index is 440. The summed E-state index contributed by atoms with van der Waals surface area (Å²) in [6.45, 7) is 6.42. The van der Waals surface area contributed by atoms with E-state index < -0.39 is 0 Å². The van der Waals surface area contributed by atoms with Crippen LogP contribution >= 0.6 is 0 Å². The van der Waals surface area contributed by atoms with E-state index in [0.29, 0.717) is 6.04 Å². The molecule has 1 fully saturated rings. The molecule has 1 aliphatic rings. The van der Waals surface area contributed by atoms with E-state index in [1.54, 1.807) is 7.11 Å². The molecule has 2 heterocycles. The van der Waals surface area contributed by atoms with Crippen molar-refractivity contribution in [2.75, 3.05) is 47.4 Å². The molecule has 2 atom stereocenters. The molecule has 0 radical (unpaired) electrons. The summed E-state index contributed by atoms with van der Waals surface area (Å²) in [6.07, 6.45) is 2.96. The third-order valence-corrected chi connectivity index (χ3v) is 4.21. The number of nitrogens with one attached hydrogen (secondary N) is 1. The van der Waals surface area contributed by atoms with Gasteiger partial charge in [0.05, 0.1) is 13.2 Å². The average molecular weight is 292 g/mol. The molecule has 118 valence electrons. The van der Waals surface area contributed by atoms with Gasteiger partial charge in [-0.25, -0.2) is 0 Å². The molecule has 1 N–H and O–H groups in total. The smallest absolute Gasteiger partial charge is 0.142 e. The second-order valence-electron chi connectivity index (χ2n) is 5.83. The van der Waals surface area contributed by atoms with Gasteiger partial charge in [0.15, 0.2) is 0 Å². The number of likely N-dealkylation sites (N-methyl/N-ethyl adjacent to an activating group) is 2. The van der Waals surface area contributed by atoms with Gasteiger partial charge >= 0.3 is 0 Å². The molecule has 0 aliphatic carbocycles. The molecule has 1 saturated heterocycles. The predicted molar refractivity (Wildman–Crippen MR) is 85.7 cm³/mol. The van der Waals surface area contributed by atoms with E-state index in [4.69, 9.17) is 4.74 Å². The minimum absolute atomic E-state index is 0.189. The maximum atomic E-state index is 5.52. The fraction of sp³-hybridized carbons (Fsp3) is 0.688.